The summed E-state index contributed by atoms with van der Waals surface area (Å²) in [5.41, 5.74) is 0.441. The van der Waals surface area contributed by atoms with Gasteiger partial charge in [-0.05, 0) is 36.8 Å². The zero-order chi connectivity index (χ0) is 20.6. The third-order valence-electron chi connectivity index (χ3n) is 4.86. The van der Waals surface area contributed by atoms with Gasteiger partial charge in [-0.15, -0.1) is 0 Å². The van der Waals surface area contributed by atoms with E-state index >= 15 is 0 Å². The first-order valence-corrected chi connectivity index (χ1v) is 10.0. The SMILES string of the molecule is COc1ccc(Cl)cc1C(=O)N1CCCN(C(=O)CCOc2ccccc2)CC1. The molecule has 1 aliphatic rings. The number of ether oxygens (including phenoxy) is 2. The van der Waals surface area contributed by atoms with Gasteiger partial charge in [-0.25, -0.2) is 0 Å². The quantitative estimate of drug-likeness (QED) is 0.723. The maximum Gasteiger partial charge on any atom is 0.257 e. The predicted octanol–water partition coefficient (Wildman–Crippen LogP) is 3.49. The maximum atomic E-state index is 13.0. The van der Waals surface area contributed by atoms with E-state index in [1.54, 1.807) is 28.0 Å². The molecule has 2 aromatic carbocycles. The Morgan fingerprint density at radius 2 is 1.72 bits per heavy atom. The highest BCUT2D eigenvalue weighted by molar-refractivity contribution is 6.31. The molecule has 0 saturated carbocycles. The second-order valence-electron chi connectivity index (χ2n) is 6.78. The van der Waals surface area contributed by atoms with Crippen molar-refractivity contribution in [2.45, 2.75) is 12.8 Å². The summed E-state index contributed by atoms with van der Waals surface area (Å²) in [6, 6.07) is 14.4. The number of nitrogens with zero attached hydrogens (tertiary/aromatic N) is 2. The Hall–Kier alpha value is -2.73. The van der Waals surface area contributed by atoms with Crippen LogP contribution in [0.1, 0.15) is 23.2 Å². The number of hydrogen-bond donors (Lipinski definition) is 0. The van der Waals surface area contributed by atoms with Crippen LogP contribution in [0.25, 0.3) is 0 Å². The second-order valence-corrected chi connectivity index (χ2v) is 7.22. The number of carbonyl (C=O) groups excluding carboxylic acids is 2. The van der Waals surface area contributed by atoms with Gasteiger partial charge in [0.2, 0.25) is 5.91 Å². The third-order valence-corrected chi connectivity index (χ3v) is 5.09. The molecule has 154 valence electrons. The molecule has 29 heavy (non-hydrogen) atoms. The zero-order valence-electron chi connectivity index (χ0n) is 16.5. The lowest BCUT2D eigenvalue weighted by Crippen LogP contribution is -2.37. The van der Waals surface area contributed by atoms with E-state index in [0.29, 0.717) is 55.5 Å². The molecule has 0 spiro atoms. The summed E-state index contributed by atoms with van der Waals surface area (Å²) in [4.78, 5) is 29.0. The minimum Gasteiger partial charge on any atom is -0.496 e. The largest absolute Gasteiger partial charge is 0.496 e. The summed E-state index contributed by atoms with van der Waals surface area (Å²) in [7, 11) is 1.53. The number of amides is 2. The summed E-state index contributed by atoms with van der Waals surface area (Å²) in [5, 5.41) is 0.485. The molecule has 0 bridgehead atoms. The number of para-hydroxylation sites is 1. The molecule has 0 aromatic heterocycles. The molecule has 1 saturated heterocycles. The van der Waals surface area contributed by atoms with Gasteiger partial charge in [0.1, 0.15) is 11.5 Å². The molecular formula is C22H25ClN2O4. The molecule has 1 fully saturated rings. The highest BCUT2D eigenvalue weighted by Crippen LogP contribution is 2.24. The van der Waals surface area contributed by atoms with Crippen molar-refractivity contribution < 1.29 is 19.1 Å². The first-order chi connectivity index (χ1) is 14.1. The van der Waals surface area contributed by atoms with Crippen LogP contribution in [0.3, 0.4) is 0 Å². The van der Waals surface area contributed by atoms with Crippen molar-refractivity contribution in [1.82, 2.24) is 9.80 Å². The average molecular weight is 417 g/mol. The lowest BCUT2D eigenvalue weighted by atomic mass is 10.1. The van der Waals surface area contributed by atoms with E-state index in [1.165, 1.54) is 7.11 Å². The van der Waals surface area contributed by atoms with Crippen LogP contribution < -0.4 is 9.47 Å². The summed E-state index contributed by atoms with van der Waals surface area (Å²) >= 11 is 6.06. The lowest BCUT2D eigenvalue weighted by Gasteiger charge is -2.23. The molecule has 0 radical (unpaired) electrons. The Kier molecular flexibility index (Phi) is 7.36. The molecule has 0 unspecified atom stereocenters. The molecule has 7 heteroatoms. The van der Waals surface area contributed by atoms with Gasteiger partial charge in [0, 0.05) is 31.2 Å². The highest BCUT2D eigenvalue weighted by Gasteiger charge is 2.24. The van der Waals surface area contributed by atoms with E-state index in [4.69, 9.17) is 21.1 Å². The van der Waals surface area contributed by atoms with Crippen molar-refractivity contribution in [3.8, 4) is 11.5 Å². The fraction of sp³-hybridized carbons (Fsp3) is 0.364. The molecule has 3 rings (SSSR count). The van der Waals surface area contributed by atoms with E-state index < -0.39 is 0 Å². The van der Waals surface area contributed by atoms with Gasteiger partial charge in [-0.2, -0.15) is 0 Å². The monoisotopic (exact) mass is 416 g/mol. The standard InChI is InChI=1S/C22H25ClN2O4/c1-28-20-9-8-17(23)16-19(20)22(27)25-12-5-11-24(13-14-25)21(26)10-15-29-18-6-3-2-4-7-18/h2-4,6-9,16H,5,10-15H2,1H3. The maximum absolute atomic E-state index is 13.0. The number of rotatable bonds is 6. The van der Waals surface area contributed by atoms with Crippen molar-refractivity contribution in [3.63, 3.8) is 0 Å². The van der Waals surface area contributed by atoms with Gasteiger partial charge in [0.05, 0.1) is 25.7 Å². The molecule has 0 aliphatic carbocycles. The molecule has 1 heterocycles. The number of methoxy groups -OCH3 is 1. The molecule has 0 atom stereocenters. The minimum atomic E-state index is -0.133. The number of benzene rings is 2. The number of carbonyl (C=O) groups is 2. The Bertz CT molecular complexity index is 844. The Morgan fingerprint density at radius 1 is 1.00 bits per heavy atom. The highest BCUT2D eigenvalue weighted by atomic mass is 35.5. The number of halogens is 1. The van der Waals surface area contributed by atoms with Crippen molar-refractivity contribution in [1.29, 1.82) is 0 Å². The third kappa shape index (κ3) is 5.64. The lowest BCUT2D eigenvalue weighted by molar-refractivity contribution is -0.131. The van der Waals surface area contributed by atoms with Crippen LogP contribution in [-0.2, 0) is 4.79 Å². The van der Waals surface area contributed by atoms with E-state index in [0.717, 1.165) is 12.2 Å². The smallest absolute Gasteiger partial charge is 0.257 e. The van der Waals surface area contributed by atoms with E-state index in [-0.39, 0.29) is 11.8 Å². The van der Waals surface area contributed by atoms with Gasteiger partial charge >= 0.3 is 0 Å². The Labute approximate surface area is 176 Å². The molecule has 0 N–H and O–H groups in total. The van der Waals surface area contributed by atoms with E-state index in [2.05, 4.69) is 0 Å². The van der Waals surface area contributed by atoms with Crippen molar-refractivity contribution in [2.75, 3.05) is 39.9 Å². The van der Waals surface area contributed by atoms with Crippen LogP contribution in [0.5, 0.6) is 11.5 Å². The van der Waals surface area contributed by atoms with Crippen molar-refractivity contribution in [2.24, 2.45) is 0 Å². The normalized spacial score (nSPS) is 14.3. The van der Waals surface area contributed by atoms with Gasteiger partial charge < -0.3 is 19.3 Å². The van der Waals surface area contributed by atoms with Crippen LogP contribution in [0, 0.1) is 0 Å². The van der Waals surface area contributed by atoms with Crippen LogP contribution >= 0.6 is 11.6 Å². The van der Waals surface area contributed by atoms with Crippen LogP contribution in [0.4, 0.5) is 0 Å². The van der Waals surface area contributed by atoms with Gasteiger partial charge in [-0.1, -0.05) is 29.8 Å². The molecular weight excluding hydrogens is 392 g/mol. The van der Waals surface area contributed by atoms with Gasteiger partial charge in [-0.3, -0.25) is 9.59 Å². The fourth-order valence-electron chi connectivity index (χ4n) is 3.32. The van der Waals surface area contributed by atoms with Crippen LogP contribution in [-0.4, -0.2) is 61.5 Å². The van der Waals surface area contributed by atoms with E-state index in [9.17, 15) is 9.59 Å². The van der Waals surface area contributed by atoms with Crippen LogP contribution in [0.2, 0.25) is 5.02 Å². The average Bonchev–Trinajstić information content (AvgIpc) is 3.00. The summed E-state index contributed by atoms with van der Waals surface area (Å²) in [6.07, 6.45) is 1.03. The first kappa shape index (κ1) is 21.0. The Balaban J connectivity index is 1.54. The van der Waals surface area contributed by atoms with Crippen molar-refractivity contribution >= 4 is 23.4 Å². The topological polar surface area (TPSA) is 59.1 Å². The minimum absolute atomic E-state index is 0.0376. The molecule has 2 amide bonds. The van der Waals surface area contributed by atoms with Crippen molar-refractivity contribution in [3.05, 3.63) is 59.1 Å². The molecule has 2 aromatic rings. The summed E-state index contributed by atoms with van der Waals surface area (Å²) in [6.45, 7) is 2.51. The van der Waals surface area contributed by atoms with Gasteiger partial charge in [0.15, 0.2) is 0 Å². The zero-order valence-corrected chi connectivity index (χ0v) is 17.2. The Morgan fingerprint density at radius 3 is 2.48 bits per heavy atom. The van der Waals surface area contributed by atoms with E-state index in [1.807, 2.05) is 30.3 Å². The molecule has 1 aliphatic heterocycles. The summed E-state index contributed by atoms with van der Waals surface area (Å²) < 4.78 is 10.9. The fourth-order valence-corrected chi connectivity index (χ4v) is 3.49. The number of hydrogen-bond acceptors (Lipinski definition) is 4. The first-order valence-electron chi connectivity index (χ1n) is 9.67. The van der Waals surface area contributed by atoms with Gasteiger partial charge in [0.25, 0.3) is 5.91 Å². The second kappa shape index (κ2) is 10.2. The van der Waals surface area contributed by atoms with Crippen LogP contribution in [0.15, 0.2) is 48.5 Å². The predicted molar refractivity (Wildman–Crippen MR) is 112 cm³/mol. The molecule has 6 nitrogen and oxygen atoms in total. The summed E-state index contributed by atoms with van der Waals surface area (Å²) in [5.74, 6) is 1.15.